The van der Waals surface area contributed by atoms with Gasteiger partial charge in [-0.25, -0.2) is 4.79 Å². The molecule has 21 heavy (non-hydrogen) atoms. The van der Waals surface area contributed by atoms with Gasteiger partial charge in [0, 0.05) is 16.7 Å². The number of amides is 1. The molecule has 0 aliphatic heterocycles. The van der Waals surface area contributed by atoms with Crippen LogP contribution in [0.15, 0.2) is 27.6 Å². The average Bonchev–Trinajstić information content (AvgIpc) is 2.75. The molecular weight excluding hydrogens is 362 g/mol. The van der Waals surface area contributed by atoms with Gasteiger partial charge in [0.25, 0.3) is 5.56 Å². The first-order valence-corrected chi connectivity index (χ1v) is 7.30. The van der Waals surface area contributed by atoms with Crippen LogP contribution in [0.2, 0.25) is 0 Å². The molecule has 0 bridgehead atoms. The molecule has 2 heterocycles. The summed E-state index contributed by atoms with van der Waals surface area (Å²) in [5, 5.41) is 11.7. The van der Waals surface area contributed by atoms with E-state index in [1.54, 1.807) is 13.0 Å². The highest BCUT2D eigenvalue weighted by Crippen LogP contribution is 2.24. The van der Waals surface area contributed by atoms with Gasteiger partial charge in [-0.2, -0.15) is 4.37 Å². The van der Waals surface area contributed by atoms with Crippen LogP contribution in [-0.2, 0) is 11.3 Å². The number of carbonyl (C=O) groups is 2. The van der Waals surface area contributed by atoms with E-state index in [1.165, 1.54) is 16.8 Å². The summed E-state index contributed by atoms with van der Waals surface area (Å²) in [6.45, 7) is 1.34. The molecule has 2 aromatic heterocycles. The molecule has 0 aliphatic rings. The zero-order valence-electron chi connectivity index (χ0n) is 10.8. The minimum atomic E-state index is -1.16. The second-order valence-electron chi connectivity index (χ2n) is 4.14. The summed E-state index contributed by atoms with van der Waals surface area (Å²) in [6, 6.07) is 2.91. The molecule has 0 saturated carbocycles. The van der Waals surface area contributed by atoms with E-state index in [4.69, 9.17) is 5.11 Å². The zero-order chi connectivity index (χ0) is 15.6. The zero-order valence-corrected chi connectivity index (χ0v) is 13.2. The number of nitrogens with one attached hydrogen (secondary N) is 1. The lowest BCUT2D eigenvalue weighted by Gasteiger charge is -2.06. The van der Waals surface area contributed by atoms with Crippen LogP contribution >= 0.6 is 27.5 Å². The Balaban J connectivity index is 2.18. The Hall–Kier alpha value is -2.00. The molecule has 0 saturated heterocycles. The van der Waals surface area contributed by atoms with Crippen molar-refractivity contribution in [3.05, 3.63) is 44.4 Å². The van der Waals surface area contributed by atoms with Crippen LogP contribution in [0, 0.1) is 6.92 Å². The number of pyridine rings is 1. The summed E-state index contributed by atoms with van der Waals surface area (Å²) in [7, 11) is 0. The highest BCUT2D eigenvalue weighted by molar-refractivity contribution is 9.10. The van der Waals surface area contributed by atoms with Crippen LogP contribution in [0.1, 0.15) is 16.1 Å². The summed E-state index contributed by atoms with van der Waals surface area (Å²) in [6.07, 6.45) is 1.48. The summed E-state index contributed by atoms with van der Waals surface area (Å²) < 4.78 is 5.78. The van der Waals surface area contributed by atoms with E-state index >= 15 is 0 Å². The van der Waals surface area contributed by atoms with Crippen molar-refractivity contribution in [2.24, 2.45) is 0 Å². The fraction of sp³-hybridized carbons (Fsp3) is 0.167. The van der Waals surface area contributed by atoms with Crippen molar-refractivity contribution < 1.29 is 14.7 Å². The van der Waals surface area contributed by atoms with Gasteiger partial charge in [0.05, 0.1) is 5.69 Å². The lowest BCUT2D eigenvalue weighted by molar-refractivity contribution is -0.116. The van der Waals surface area contributed by atoms with Crippen LogP contribution in [0.3, 0.4) is 0 Å². The third kappa shape index (κ3) is 3.56. The van der Waals surface area contributed by atoms with Gasteiger partial charge < -0.3 is 15.0 Å². The third-order valence-electron chi connectivity index (χ3n) is 2.59. The van der Waals surface area contributed by atoms with E-state index in [1.807, 2.05) is 0 Å². The molecule has 2 rings (SSSR count). The number of carboxylic acids is 1. The second-order valence-corrected chi connectivity index (χ2v) is 5.83. The SMILES string of the molecule is Cc1nsc(NC(=O)Cn2cc(Br)ccc2=O)c1C(=O)O. The molecule has 7 nitrogen and oxygen atoms in total. The Morgan fingerprint density at radius 1 is 1.48 bits per heavy atom. The Kier molecular flexibility index (Phi) is 4.53. The topological polar surface area (TPSA) is 101 Å². The van der Waals surface area contributed by atoms with Gasteiger partial charge in [-0.1, -0.05) is 0 Å². The molecule has 2 aromatic rings. The van der Waals surface area contributed by atoms with Crippen molar-refractivity contribution in [3.63, 3.8) is 0 Å². The number of nitrogens with zero attached hydrogens (tertiary/aromatic N) is 2. The van der Waals surface area contributed by atoms with E-state index < -0.39 is 11.9 Å². The number of hydrogen-bond donors (Lipinski definition) is 2. The van der Waals surface area contributed by atoms with Gasteiger partial charge in [-0.3, -0.25) is 9.59 Å². The fourth-order valence-electron chi connectivity index (χ4n) is 1.65. The smallest absolute Gasteiger partial charge is 0.340 e. The van der Waals surface area contributed by atoms with Crippen LogP contribution in [-0.4, -0.2) is 25.9 Å². The Bertz CT molecular complexity index is 768. The van der Waals surface area contributed by atoms with Gasteiger partial charge in [-0.05, 0) is 40.5 Å². The Morgan fingerprint density at radius 2 is 2.19 bits per heavy atom. The molecule has 110 valence electrons. The molecule has 0 fully saturated rings. The molecule has 0 spiro atoms. The third-order valence-corrected chi connectivity index (χ3v) is 3.91. The van der Waals surface area contributed by atoms with Crippen molar-refractivity contribution in [1.82, 2.24) is 8.94 Å². The number of anilines is 1. The number of carbonyl (C=O) groups excluding carboxylic acids is 1. The van der Waals surface area contributed by atoms with Crippen molar-refractivity contribution in [2.75, 3.05) is 5.32 Å². The minimum Gasteiger partial charge on any atom is -0.478 e. The van der Waals surface area contributed by atoms with Crippen molar-refractivity contribution >= 4 is 44.3 Å². The molecule has 1 amide bonds. The first-order valence-electron chi connectivity index (χ1n) is 5.74. The van der Waals surface area contributed by atoms with Gasteiger partial charge in [0.1, 0.15) is 17.1 Å². The minimum absolute atomic E-state index is 0.0325. The maximum Gasteiger partial charge on any atom is 0.340 e. The van der Waals surface area contributed by atoms with Crippen molar-refractivity contribution in [3.8, 4) is 0 Å². The quantitative estimate of drug-likeness (QED) is 0.851. The van der Waals surface area contributed by atoms with E-state index in [-0.39, 0.29) is 22.7 Å². The molecule has 2 N–H and O–H groups in total. The number of rotatable bonds is 4. The lowest BCUT2D eigenvalue weighted by Crippen LogP contribution is -2.26. The summed E-state index contributed by atoms with van der Waals surface area (Å²) >= 11 is 4.10. The molecule has 0 aliphatic carbocycles. The number of aromatic nitrogens is 2. The summed E-state index contributed by atoms with van der Waals surface area (Å²) in [4.78, 5) is 34.6. The van der Waals surface area contributed by atoms with E-state index in [0.29, 0.717) is 10.2 Å². The number of halogens is 1. The molecule has 0 atom stereocenters. The predicted molar refractivity (Wildman–Crippen MR) is 80.8 cm³/mol. The number of aryl methyl sites for hydroxylation is 1. The highest BCUT2D eigenvalue weighted by atomic mass is 79.9. The maximum atomic E-state index is 11.9. The first kappa shape index (κ1) is 15.4. The first-order chi connectivity index (χ1) is 9.88. The van der Waals surface area contributed by atoms with Crippen LogP contribution in [0.25, 0.3) is 0 Å². The largest absolute Gasteiger partial charge is 0.478 e. The molecule has 0 aromatic carbocycles. The monoisotopic (exact) mass is 371 g/mol. The summed E-state index contributed by atoms with van der Waals surface area (Å²) in [5.41, 5.74) is -0.0235. The number of carboxylic acid groups (broad SMARTS) is 1. The van der Waals surface area contributed by atoms with Crippen molar-refractivity contribution in [1.29, 1.82) is 0 Å². The van der Waals surface area contributed by atoms with Gasteiger partial charge in [-0.15, -0.1) is 0 Å². The van der Waals surface area contributed by atoms with E-state index in [0.717, 1.165) is 11.5 Å². The Labute approximate surface area is 131 Å². The predicted octanol–water partition coefficient (Wildman–Crippen LogP) is 1.71. The number of hydrogen-bond acceptors (Lipinski definition) is 5. The molecule has 9 heteroatoms. The van der Waals surface area contributed by atoms with Gasteiger partial charge >= 0.3 is 5.97 Å². The maximum absolute atomic E-state index is 11.9. The Morgan fingerprint density at radius 3 is 2.86 bits per heavy atom. The molecule has 0 radical (unpaired) electrons. The fourth-order valence-corrected chi connectivity index (χ4v) is 2.84. The van der Waals surface area contributed by atoms with E-state index in [2.05, 4.69) is 25.6 Å². The highest BCUT2D eigenvalue weighted by Gasteiger charge is 2.19. The molecule has 0 unspecified atom stereocenters. The van der Waals surface area contributed by atoms with Crippen molar-refractivity contribution in [2.45, 2.75) is 13.5 Å². The average molecular weight is 372 g/mol. The second kappa shape index (κ2) is 6.19. The number of aromatic carboxylic acids is 1. The lowest BCUT2D eigenvalue weighted by atomic mass is 10.2. The standard InChI is InChI=1S/C12H10BrN3O4S/c1-6-10(12(19)20)11(21-15-6)14-8(17)5-16-4-7(13)2-3-9(16)18/h2-4H,5H2,1H3,(H,14,17)(H,19,20). The van der Waals surface area contributed by atoms with Gasteiger partial charge in [0.15, 0.2) is 0 Å². The molecular formula is C12H10BrN3O4S. The van der Waals surface area contributed by atoms with Crippen LogP contribution < -0.4 is 10.9 Å². The summed E-state index contributed by atoms with van der Waals surface area (Å²) in [5.74, 6) is -1.66. The van der Waals surface area contributed by atoms with Crippen LogP contribution in [0.5, 0.6) is 0 Å². The van der Waals surface area contributed by atoms with Gasteiger partial charge in [0.2, 0.25) is 5.91 Å². The van der Waals surface area contributed by atoms with E-state index in [9.17, 15) is 14.4 Å². The van der Waals surface area contributed by atoms with Crippen LogP contribution in [0.4, 0.5) is 5.00 Å². The normalized spacial score (nSPS) is 10.4.